The van der Waals surface area contributed by atoms with E-state index in [1.807, 2.05) is 6.92 Å². The van der Waals surface area contributed by atoms with Crippen LogP contribution in [-0.2, 0) is 11.3 Å². The van der Waals surface area contributed by atoms with Crippen LogP contribution in [0.1, 0.15) is 29.8 Å². The van der Waals surface area contributed by atoms with Crippen molar-refractivity contribution < 1.29 is 18.7 Å². The molecule has 0 radical (unpaired) electrons. The lowest BCUT2D eigenvalue weighted by Crippen LogP contribution is -2.66. The zero-order valence-corrected chi connectivity index (χ0v) is 17.2. The smallest absolute Gasteiger partial charge is 0.191 e. The third kappa shape index (κ3) is 5.21. The highest BCUT2D eigenvalue weighted by atomic mass is 35.5. The molecule has 0 aliphatic carbocycles. The maximum absolute atomic E-state index is 13.2. The monoisotopic (exact) mass is 418 g/mol. The molecule has 1 saturated heterocycles. The predicted molar refractivity (Wildman–Crippen MR) is 110 cm³/mol. The second-order valence-corrected chi connectivity index (χ2v) is 8.01. The van der Waals surface area contributed by atoms with Crippen molar-refractivity contribution in [2.24, 2.45) is 0 Å². The quantitative estimate of drug-likeness (QED) is 0.697. The van der Waals surface area contributed by atoms with Crippen molar-refractivity contribution in [1.82, 2.24) is 10.2 Å². The van der Waals surface area contributed by atoms with Gasteiger partial charge < -0.3 is 10.1 Å². The first-order chi connectivity index (χ1) is 13.8. The van der Waals surface area contributed by atoms with E-state index in [0.717, 1.165) is 5.56 Å². The van der Waals surface area contributed by atoms with E-state index >= 15 is 0 Å². The molecule has 0 spiro atoms. The van der Waals surface area contributed by atoms with Crippen molar-refractivity contribution in [3.63, 3.8) is 0 Å². The third-order valence-corrected chi connectivity index (χ3v) is 5.64. The average molecular weight is 419 g/mol. The molecule has 2 unspecified atom stereocenters. The SMILES string of the molecule is CC1CNC(C)(C(=O)COc2ccc(C=O)c(Cl)c2)CN1Cc1ccc(F)cc1. The summed E-state index contributed by atoms with van der Waals surface area (Å²) >= 11 is 6.00. The van der Waals surface area contributed by atoms with E-state index in [-0.39, 0.29) is 29.3 Å². The Balaban J connectivity index is 1.63. The summed E-state index contributed by atoms with van der Waals surface area (Å²) in [6, 6.07) is 11.3. The Labute approximate surface area is 174 Å². The van der Waals surface area contributed by atoms with Crippen LogP contribution in [0.3, 0.4) is 0 Å². The molecule has 1 aliphatic rings. The molecule has 1 aliphatic heterocycles. The molecule has 0 bridgehead atoms. The van der Waals surface area contributed by atoms with Gasteiger partial charge in [0.1, 0.15) is 18.2 Å². The van der Waals surface area contributed by atoms with E-state index in [9.17, 15) is 14.0 Å². The number of rotatable bonds is 7. The van der Waals surface area contributed by atoms with E-state index in [4.69, 9.17) is 16.3 Å². The molecular weight excluding hydrogens is 395 g/mol. The van der Waals surface area contributed by atoms with Gasteiger partial charge in [0.15, 0.2) is 12.1 Å². The van der Waals surface area contributed by atoms with Gasteiger partial charge in [0.25, 0.3) is 0 Å². The number of hydrogen-bond acceptors (Lipinski definition) is 5. The zero-order valence-electron chi connectivity index (χ0n) is 16.5. The normalized spacial score (nSPS) is 22.3. The molecular formula is C22H24ClFN2O3. The van der Waals surface area contributed by atoms with E-state index < -0.39 is 5.54 Å². The highest BCUT2D eigenvalue weighted by molar-refractivity contribution is 6.33. The standard InChI is InChI=1S/C22H24ClFN2O3/c1-15-10-25-22(2,14-26(15)11-16-3-6-18(24)7-4-16)21(28)13-29-19-8-5-17(12-27)20(23)9-19/h3-9,12,15,25H,10-11,13-14H2,1-2H3. The van der Waals surface area contributed by atoms with Gasteiger partial charge in [-0.25, -0.2) is 4.39 Å². The minimum atomic E-state index is -0.765. The van der Waals surface area contributed by atoms with E-state index in [2.05, 4.69) is 17.1 Å². The molecule has 0 aromatic heterocycles. The predicted octanol–water partition coefficient (Wildman–Crippen LogP) is 3.49. The van der Waals surface area contributed by atoms with Gasteiger partial charge in [0.2, 0.25) is 0 Å². The minimum absolute atomic E-state index is 0.0795. The molecule has 2 aromatic carbocycles. The van der Waals surface area contributed by atoms with Crippen molar-refractivity contribution in [3.05, 3.63) is 64.4 Å². The number of ether oxygens (including phenoxy) is 1. The molecule has 1 N–H and O–H groups in total. The van der Waals surface area contributed by atoms with Crippen LogP contribution in [0.5, 0.6) is 5.75 Å². The van der Waals surface area contributed by atoms with E-state index in [1.165, 1.54) is 18.2 Å². The summed E-state index contributed by atoms with van der Waals surface area (Å²) in [7, 11) is 0. The first kappa shape index (κ1) is 21.4. The van der Waals surface area contributed by atoms with Gasteiger partial charge in [-0.15, -0.1) is 0 Å². The van der Waals surface area contributed by atoms with Gasteiger partial charge in [-0.3, -0.25) is 14.5 Å². The van der Waals surface area contributed by atoms with Crippen LogP contribution >= 0.6 is 11.6 Å². The average Bonchev–Trinajstić information content (AvgIpc) is 2.71. The maximum atomic E-state index is 13.2. The first-order valence-electron chi connectivity index (χ1n) is 9.45. The summed E-state index contributed by atoms with van der Waals surface area (Å²) in [4.78, 5) is 26.0. The summed E-state index contributed by atoms with van der Waals surface area (Å²) in [5.41, 5.74) is 0.604. The Bertz CT molecular complexity index is 890. The lowest BCUT2D eigenvalue weighted by molar-refractivity contribution is -0.129. The molecule has 0 saturated carbocycles. The van der Waals surface area contributed by atoms with Crippen LogP contribution in [0.4, 0.5) is 4.39 Å². The summed E-state index contributed by atoms with van der Waals surface area (Å²) in [5.74, 6) is 0.0922. The molecule has 1 fully saturated rings. The number of piperazine rings is 1. The third-order valence-electron chi connectivity index (χ3n) is 5.31. The lowest BCUT2D eigenvalue weighted by Gasteiger charge is -2.44. The number of carbonyl (C=O) groups is 2. The van der Waals surface area contributed by atoms with Crippen molar-refractivity contribution in [1.29, 1.82) is 0 Å². The Kier molecular flexibility index (Phi) is 6.67. The second-order valence-electron chi connectivity index (χ2n) is 7.61. The van der Waals surface area contributed by atoms with E-state index in [1.54, 1.807) is 24.3 Å². The number of halogens is 2. The van der Waals surface area contributed by atoms with Crippen molar-refractivity contribution >= 4 is 23.7 Å². The number of aldehydes is 1. The van der Waals surface area contributed by atoms with Gasteiger partial charge in [-0.1, -0.05) is 23.7 Å². The van der Waals surface area contributed by atoms with Gasteiger partial charge in [-0.05, 0) is 49.7 Å². The number of nitrogens with one attached hydrogen (secondary N) is 1. The summed E-state index contributed by atoms with van der Waals surface area (Å²) < 4.78 is 18.8. The highest BCUT2D eigenvalue weighted by Crippen LogP contribution is 2.23. The molecule has 7 heteroatoms. The molecule has 5 nitrogen and oxygen atoms in total. The molecule has 1 heterocycles. The van der Waals surface area contributed by atoms with E-state index in [0.29, 0.717) is 37.2 Å². The number of benzene rings is 2. The topological polar surface area (TPSA) is 58.6 Å². The Hall–Kier alpha value is -2.28. The zero-order chi connectivity index (χ0) is 21.0. The largest absolute Gasteiger partial charge is 0.486 e. The number of carbonyl (C=O) groups excluding carboxylic acids is 2. The van der Waals surface area contributed by atoms with Gasteiger partial charge in [0, 0.05) is 31.2 Å². The summed E-state index contributed by atoms with van der Waals surface area (Å²) in [5, 5.41) is 3.62. The second kappa shape index (κ2) is 9.03. The number of nitrogens with zero attached hydrogens (tertiary/aromatic N) is 1. The highest BCUT2D eigenvalue weighted by Gasteiger charge is 2.39. The lowest BCUT2D eigenvalue weighted by atomic mass is 9.91. The summed E-state index contributed by atoms with van der Waals surface area (Å²) in [6.45, 7) is 5.65. The van der Waals surface area contributed by atoms with Crippen molar-refractivity contribution in [2.75, 3.05) is 19.7 Å². The van der Waals surface area contributed by atoms with Crippen molar-refractivity contribution in [3.8, 4) is 5.75 Å². The number of ketones is 1. The fourth-order valence-corrected chi connectivity index (χ4v) is 3.56. The Morgan fingerprint density at radius 1 is 1.34 bits per heavy atom. The molecule has 3 rings (SSSR count). The minimum Gasteiger partial charge on any atom is -0.486 e. The van der Waals surface area contributed by atoms with Crippen LogP contribution in [0.25, 0.3) is 0 Å². The Morgan fingerprint density at radius 2 is 2.07 bits per heavy atom. The molecule has 2 atom stereocenters. The number of hydrogen-bond donors (Lipinski definition) is 1. The van der Waals surface area contributed by atoms with Crippen LogP contribution in [0.15, 0.2) is 42.5 Å². The van der Waals surface area contributed by atoms with Crippen LogP contribution < -0.4 is 10.1 Å². The number of Topliss-reactive ketones (excluding diaryl/α,β-unsaturated/α-hetero) is 1. The maximum Gasteiger partial charge on any atom is 0.191 e. The fourth-order valence-electron chi connectivity index (χ4n) is 3.34. The van der Waals surface area contributed by atoms with Crippen LogP contribution in [0.2, 0.25) is 5.02 Å². The summed E-state index contributed by atoms with van der Waals surface area (Å²) in [6.07, 6.45) is 0.668. The fraction of sp³-hybridized carbons (Fsp3) is 0.364. The van der Waals surface area contributed by atoms with Crippen LogP contribution in [0, 0.1) is 5.82 Å². The van der Waals surface area contributed by atoms with Gasteiger partial charge in [0.05, 0.1) is 10.6 Å². The first-order valence-corrected chi connectivity index (χ1v) is 9.83. The molecule has 29 heavy (non-hydrogen) atoms. The van der Waals surface area contributed by atoms with Gasteiger partial charge >= 0.3 is 0 Å². The van der Waals surface area contributed by atoms with Gasteiger partial charge in [-0.2, -0.15) is 0 Å². The Morgan fingerprint density at radius 3 is 2.72 bits per heavy atom. The molecule has 2 aromatic rings. The van der Waals surface area contributed by atoms with Crippen LogP contribution in [-0.4, -0.2) is 48.2 Å². The molecule has 154 valence electrons. The molecule has 0 amide bonds. The van der Waals surface area contributed by atoms with Crippen molar-refractivity contribution in [2.45, 2.75) is 32.0 Å².